The van der Waals surface area contributed by atoms with Gasteiger partial charge in [-0.1, -0.05) is 15.9 Å². The molecule has 2 aromatic carbocycles. The summed E-state index contributed by atoms with van der Waals surface area (Å²) in [5, 5.41) is 6.21. The molecule has 0 spiro atoms. The van der Waals surface area contributed by atoms with E-state index in [1.54, 1.807) is 6.07 Å². The van der Waals surface area contributed by atoms with Crippen LogP contribution in [0.5, 0.6) is 0 Å². The first-order chi connectivity index (χ1) is 10.5. The quantitative estimate of drug-likeness (QED) is 0.576. The molecule has 4 nitrogen and oxygen atoms in total. The van der Waals surface area contributed by atoms with Crippen molar-refractivity contribution in [2.45, 2.75) is 13.0 Å². The summed E-state index contributed by atoms with van der Waals surface area (Å²) in [7, 11) is 0. The minimum absolute atomic E-state index is 0.00862. The predicted molar refractivity (Wildman–Crippen MR) is 94.7 cm³/mol. The van der Waals surface area contributed by atoms with E-state index in [0.29, 0.717) is 11.3 Å². The van der Waals surface area contributed by atoms with Crippen molar-refractivity contribution in [3.8, 4) is 0 Å². The number of nitrogens with two attached hydrogens (primary N) is 1. The first-order valence-corrected chi connectivity index (χ1v) is 7.77. The number of benzene rings is 2. The van der Waals surface area contributed by atoms with Crippen LogP contribution in [0.2, 0.25) is 0 Å². The Morgan fingerprint density at radius 2 is 1.95 bits per heavy atom. The molecule has 5 heteroatoms. The molecule has 0 fully saturated rings. The summed E-state index contributed by atoms with van der Waals surface area (Å²) >= 11 is 3.41. The summed E-state index contributed by atoms with van der Waals surface area (Å²) < 4.78 is 1.03. The average molecular weight is 358 g/mol. The number of nitrogens with one attached hydrogen (secondary N) is 2. The average Bonchev–Trinajstić information content (AvgIpc) is 2.77. The third kappa shape index (κ3) is 2.99. The molecule has 112 valence electrons. The molecule has 0 saturated carbocycles. The Balaban J connectivity index is 1.84. The van der Waals surface area contributed by atoms with Crippen LogP contribution >= 0.6 is 15.9 Å². The molecule has 0 aliphatic carbocycles. The molecule has 3 rings (SSSR count). The molecular weight excluding hydrogens is 342 g/mol. The molecule has 0 radical (unpaired) electrons. The van der Waals surface area contributed by atoms with Crippen LogP contribution in [-0.4, -0.2) is 11.9 Å². The van der Waals surface area contributed by atoms with Crippen molar-refractivity contribution in [2.75, 3.05) is 16.4 Å². The lowest BCUT2D eigenvalue weighted by atomic mass is 10.0. The van der Waals surface area contributed by atoms with Crippen molar-refractivity contribution in [3.63, 3.8) is 0 Å². The largest absolute Gasteiger partial charge is 0.399 e. The van der Waals surface area contributed by atoms with Crippen LogP contribution < -0.4 is 16.4 Å². The number of hydrogen-bond donors (Lipinski definition) is 3. The van der Waals surface area contributed by atoms with Gasteiger partial charge in [0.2, 0.25) is 0 Å². The van der Waals surface area contributed by atoms with E-state index in [4.69, 9.17) is 5.73 Å². The number of nitrogen functional groups attached to an aromatic ring is 1. The van der Waals surface area contributed by atoms with Gasteiger partial charge in [0, 0.05) is 38.7 Å². The monoisotopic (exact) mass is 357 g/mol. The Labute approximate surface area is 137 Å². The van der Waals surface area contributed by atoms with E-state index in [-0.39, 0.29) is 11.9 Å². The number of carbonyl (C=O) groups is 1. The number of rotatable bonds is 3. The molecule has 2 aromatic rings. The second-order valence-corrected chi connectivity index (χ2v) is 6.20. The van der Waals surface area contributed by atoms with Gasteiger partial charge in [-0.25, -0.2) is 0 Å². The SMILES string of the molecule is CC(C=C1C(=O)Nc2ccc(N)cc21)Nc1ccc(Br)cc1. The van der Waals surface area contributed by atoms with Gasteiger partial charge >= 0.3 is 0 Å². The zero-order valence-electron chi connectivity index (χ0n) is 12.1. The first-order valence-electron chi connectivity index (χ1n) is 6.98. The van der Waals surface area contributed by atoms with Gasteiger partial charge in [-0.2, -0.15) is 0 Å². The molecule has 1 heterocycles. The number of anilines is 3. The molecule has 0 bridgehead atoms. The lowest BCUT2D eigenvalue weighted by molar-refractivity contribution is -0.110. The maximum Gasteiger partial charge on any atom is 0.256 e. The van der Waals surface area contributed by atoms with Crippen LogP contribution in [0.4, 0.5) is 17.1 Å². The summed E-state index contributed by atoms with van der Waals surface area (Å²) in [6, 6.07) is 13.4. The van der Waals surface area contributed by atoms with Crippen LogP contribution in [0.1, 0.15) is 12.5 Å². The Morgan fingerprint density at radius 1 is 1.23 bits per heavy atom. The number of carbonyl (C=O) groups excluding carboxylic acids is 1. The zero-order valence-corrected chi connectivity index (χ0v) is 13.6. The summed E-state index contributed by atoms with van der Waals surface area (Å²) in [6.45, 7) is 2.01. The number of amides is 1. The minimum Gasteiger partial charge on any atom is -0.399 e. The van der Waals surface area contributed by atoms with Gasteiger partial charge in [-0.05, 0) is 55.5 Å². The molecule has 0 aromatic heterocycles. The maximum atomic E-state index is 12.1. The van der Waals surface area contributed by atoms with Crippen molar-refractivity contribution in [3.05, 3.63) is 58.6 Å². The summed E-state index contributed by atoms with van der Waals surface area (Å²) in [5.41, 5.74) is 9.78. The Morgan fingerprint density at radius 3 is 2.68 bits per heavy atom. The Bertz CT molecular complexity index is 753. The molecule has 0 saturated heterocycles. The second kappa shape index (κ2) is 5.85. The molecule has 22 heavy (non-hydrogen) atoms. The van der Waals surface area contributed by atoms with E-state index >= 15 is 0 Å². The van der Waals surface area contributed by atoms with Gasteiger partial charge in [0.05, 0.1) is 0 Å². The van der Waals surface area contributed by atoms with Crippen molar-refractivity contribution < 1.29 is 4.79 Å². The molecule has 4 N–H and O–H groups in total. The standard InChI is InChI=1S/C17H16BrN3O/c1-10(20-13-5-2-11(18)3-6-13)8-15-14-9-12(19)4-7-16(14)21-17(15)22/h2-10,20H,19H2,1H3,(H,21,22). The van der Waals surface area contributed by atoms with Crippen LogP contribution in [0.3, 0.4) is 0 Å². The lowest BCUT2D eigenvalue weighted by Gasteiger charge is -2.12. The summed E-state index contributed by atoms with van der Waals surface area (Å²) in [5.74, 6) is -0.0925. The van der Waals surface area contributed by atoms with E-state index in [2.05, 4.69) is 26.6 Å². The zero-order chi connectivity index (χ0) is 15.7. The van der Waals surface area contributed by atoms with E-state index in [1.165, 1.54) is 0 Å². The second-order valence-electron chi connectivity index (χ2n) is 5.28. The molecular formula is C17H16BrN3O. The van der Waals surface area contributed by atoms with E-state index < -0.39 is 0 Å². The summed E-state index contributed by atoms with van der Waals surface area (Å²) in [6.07, 6.45) is 1.92. The predicted octanol–water partition coefficient (Wildman–Crippen LogP) is 3.87. The van der Waals surface area contributed by atoms with Gasteiger partial charge in [0.25, 0.3) is 5.91 Å². The number of fused-ring (bicyclic) bond motifs is 1. The molecule has 1 amide bonds. The molecule has 1 atom stereocenters. The van der Waals surface area contributed by atoms with E-state index in [1.807, 2.05) is 49.4 Å². The highest BCUT2D eigenvalue weighted by molar-refractivity contribution is 9.10. The van der Waals surface area contributed by atoms with Gasteiger partial charge in [0.15, 0.2) is 0 Å². The van der Waals surface area contributed by atoms with Crippen molar-refractivity contribution >= 4 is 44.5 Å². The van der Waals surface area contributed by atoms with Gasteiger partial charge in [0.1, 0.15) is 0 Å². The third-order valence-corrected chi connectivity index (χ3v) is 4.01. The van der Waals surface area contributed by atoms with Crippen LogP contribution in [0, 0.1) is 0 Å². The topological polar surface area (TPSA) is 67.2 Å². The first kappa shape index (κ1) is 14.7. The highest BCUT2D eigenvalue weighted by Crippen LogP contribution is 2.33. The fraction of sp³-hybridized carbons (Fsp3) is 0.118. The van der Waals surface area contributed by atoms with Crippen LogP contribution in [-0.2, 0) is 4.79 Å². The fourth-order valence-electron chi connectivity index (χ4n) is 2.47. The van der Waals surface area contributed by atoms with E-state index in [9.17, 15) is 4.79 Å². The Hall–Kier alpha value is -2.27. The smallest absolute Gasteiger partial charge is 0.256 e. The van der Waals surface area contributed by atoms with Crippen molar-refractivity contribution in [2.24, 2.45) is 0 Å². The van der Waals surface area contributed by atoms with E-state index in [0.717, 1.165) is 21.4 Å². The fourth-order valence-corrected chi connectivity index (χ4v) is 2.74. The van der Waals surface area contributed by atoms with Gasteiger partial charge in [-0.3, -0.25) is 4.79 Å². The highest BCUT2D eigenvalue weighted by Gasteiger charge is 2.24. The Kier molecular flexibility index (Phi) is 3.90. The van der Waals surface area contributed by atoms with Crippen LogP contribution in [0.15, 0.2) is 53.0 Å². The van der Waals surface area contributed by atoms with Crippen molar-refractivity contribution in [1.82, 2.24) is 0 Å². The van der Waals surface area contributed by atoms with Gasteiger partial charge in [-0.15, -0.1) is 0 Å². The summed E-state index contributed by atoms with van der Waals surface area (Å²) in [4.78, 5) is 12.1. The van der Waals surface area contributed by atoms with Gasteiger partial charge < -0.3 is 16.4 Å². The third-order valence-electron chi connectivity index (χ3n) is 3.48. The highest BCUT2D eigenvalue weighted by atomic mass is 79.9. The number of halogens is 1. The molecule has 1 aliphatic heterocycles. The molecule has 1 aliphatic rings. The van der Waals surface area contributed by atoms with Crippen molar-refractivity contribution in [1.29, 1.82) is 0 Å². The maximum absolute atomic E-state index is 12.1. The van der Waals surface area contributed by atoms with Crippen LogP contribution in [0.25, 0.3) is 5.57 Å². The molecule has 1 unspecified atom stereocenters. The minimum atomic E-state index is -0.0925. The lowest BCUT2D eigenvalue weighted by Crippen LogP contribution is -2.14. The normalized spacial score (nSPS) is 16.3. The number of hydrogen-bond acceptors (Lipinski definition) is 3.